The molecule has 0 radical (unpaired) electrons. The van der Waals surface area contributed by atoms with Crippen LogP contribution in [0.5, 0.6) is 0 Å². The fraction of sp³-hybridized carbons (Fsp3) is 0.100. The monoisotopic (exact) mass is 186 g/mol. The molecule has 2 rings (SSSR count). The Balaban J connectivity index is 2.69. The summed E-state index contributed by atoms with van der Waals surface area (Å²) in [6.45, 7) is 0. The Morgan fingerprint density at radius 1 is 1.57 bits per heavy atom. The molecule has 1 aliphatic rings. The highest BCUT2D eigenvalue weighted by Crippen LogP contribution is 2.26. The Kier molecular flexibility index (Phi) is 1.79. The third kappa shape index (κ3) is 1.07. The zero-order valence-corrected chi connectivity index (χ0v) is 7.19. The quantitative estimate of drug-likeness (QED) is 0.655. The van der Waals surface area contributed by atoms with E-state index in [2.05, 4.69) is 4.98 Å². The number of Topliss-reactive ketones (excluding diaryl/α,β-unsaturated/α-hetero) is 1. The molecule has 1 aromatic heterocycles. The minimum Gasteiger partial charge on any atom is -0.506 e. The van der Waals surface area contributed by atoms with Gasteiger partial charge in [0.25, 0.3) is 0 Å². The number of carbonyl (C=O) groups is 1. The van der Waals surface area contributed by atoms with Gasteiger partial charge in [-0.05, 0) is 11.6 Å². The summed E-state index contributed by atoms with van der Waals surface area (Å²) in [5.74, 6) is -0.591. The van der Waals surface area contributed by atoms with E-state index in [1.165, 1.54) is 12.4 Å². The van der Waals surface area contributed by atoms with Crippen molar-refractivity contribution < 1.29 is 9.90 Å². The molecule has 0 unspecified atom stereocenters. The average molecular weight is 186 g/mol. The first-order valence-corrected chi connectivity index (χ1v) is 4.04. The summed E-state index contributed by atoms with van der Waals surface area (Å²) in [7, 11) is 0. The standard InChI is InChI=1S/C10H6N2O2/c11-4-8-9(13)3-6-5-12-2-1-7(6)10(8)14/h1-2,5,14H,3H2. The Labute approximate surface area is 80.1 Å². The van der Waals surface area contributed by atoms with Gasteiger partial charge < -0.3 is 5.11 Å². The predicted molar refractivity (Wildman–Crippen MR) is 48.1 cm³/mol. The molecule has 1 N–H and O–H groups in total. The van der Waals surface area contributed by atoms with Crippen LogP contribution in [0, 0.1) is 11.3 Å². The number of pyridine rings is 1. The lowest BCUT2D eigenvalue weighted by Crippen LogP contribution is -2.15. The van der Waals surface area contributed by atoms with Gasteiger partial charge in [-0.15, -0.1) is 0 Å². The smallest absolute Gasteiger partial charge is 0.181 e. The zero-order chi connectivity index (χ0) is 10.1. The lowest BCUT2D eigenvalue weighted by atomic mass is 9.92. The molecule has 68 valence electrons. The van der Waals surface area contributed by atoms with Crippen molar-refractivity contribution in [2.24, 2.45) is 0 Å². The van der Waals surface area contributed by atoms with Crippen LogP contribution in [-0.2, 0) is 11.2 Å². The molecule has 4 nitrogen and oxygen atoms in total. The third-order valence-electron chi connectivity index (χ3n) is 2.14. The summed E-state index contributed by atoms with van der Waals surface area (Å²) < 4.78 is 0. The van der Waals surface area contributed by atoms with Gasteiger partial charge in [0.05, 0.1) is 0 Å². The predicted octanol–water partition coefficient (Wildman–Crippen LogP) is 0.999. The molecule has 0 aliphatic heterocycles. The Hall–Kier alpha value is -2.15. The zero-order valence-electron chi connectivity index (χ0n) is 7.19. The first-order valence-electron chi connectivity index (χ1n) is 4.04. The maximum absolute atomic E-state index is 11.3. The van der Waals surface area contributed by atoms with Crippen molar-refractivity contribution in [2.45, 2.75) is 6.42 Å². The highest BCUT2D eigenvalue weighted by atomic mass is 16.3. The highest BCUT2D eigenvalue weighted by Gasteiger charge is 2.24. The molecule has 1 heterocycles. The van der Waals surface area contributed by atoms with E-state index < -0.39 is 0 Å². The number of allylic oxidation sites excluding steroid dienone is 1. The topological polar surface area (TPSA) is 74.0 Å². The van der Waals surface area contributed by atoms with Crippen LogP contribution in [0.4, 0.5) is 0 Å². The van der Waals surface area contributed by atoms with E-state index >= 15 is 0 Å². The van der Waals surface area contributed by atoms with Crippen molar-refractivity contribution in [3.8, 4) is 6.07 Å². The first-order chi connectivity index (χ1) is 6.74. The van der Waals surface area contributed by atoms with Gasteiger partial charge in [-0.1, -0.05) is 0 Å². The Morgan fingerprint density at radius 3 is 3.07 bits per heavy atom. The first kappa shape index (κ1) is 8.45. The number of aromatic nitrogens is 1. The van der Waals surface area contributed by atoms with Crippen LogP contribution in [0.1, 0.15) is 11.1 Å². The molecule has 0 atom stereocenters. The van der Waals surface area contributed by atoms with Crippen LogP contribution < -0.4 is 0 Å². The SMILES string of the molecule is N#CC1=C(O)c2ccncc2CC1=O. The van der Waals surface area contributed by atoms with Crippen LogP contribution in [0.2, 0.25) is 0 Å². The van der Waals surface area contributed by atoms with Crippen molar-refractivity contribution in [3.05, 3.63) is 35.2 Å². The van der Waals surface area contributed by atoms with Crippen LogP contribution in [0.25, 0.3) is 5.76 Å². The Morgan fingerprint density at radius 2 is 2.36 bits per heavy atom. The second-order valence-corrected chi connectivity index (χ2v) is 2.97. The van der Waals surface area contributed by atoms with Crippen molar-refractivity contribution in [3.63, 3.8) is 0 Å². The fourth-order valence-electron chi connectivity index (χ4n) is 1.44. The molecule has 0 amide bonds. The van der Waals surface area contributed by atoms with Crippen molar-refractivity contribution in [2.75, 3.05) is 0 Å². The average Bonchev–Trinajstić information content (AvgIpc) is 2.18. The van der Waals surface area contributed by atoms with Gasteiger partial charge in [0, 0.05) is 24.4 Å². The van der Waals surface area contributed by atoms with Crippen LogP contribution in [-0.4, -0.2) is 15.9 Å². The van der Waals surface area contributed by atoms with E-state index in [1.807, 2.05) is 0 Å². The van der Waals surface area contributed by atoms with Crippen LogP contribution in [0.15, 0.2) is 24.0 Å². The summed E-state index contributed by atoms with van der Waals surface area (Å²) >= 11 is 0. The van der Waals surface area contributed by atoms with E-state index in [-0.39, 0.29) is 23.5 Å². The van der Waals surface area contributed by atoms with Gasteiger partial charge in [-0.25, -0.2) is 0 Å². The number of rotatable bonds is 0. The fourth-order valence-corrected chi connectivity index (χ4v) is 1.44. The number of aliphatic hydroxyl groups excluding tert-OH is 1. The highest BCUT2D eigenvalue weighted by molar-refractivity contribution is 6.08. The summed E-state index contributed by atoms with van der Waals surface area (Å²) in [6, 6.07) is 3.30. The number of fused-ring (bicyclic) bond motifs is 1. The van der Waals surface area contributed by atoms with Gasteiger partial charge in [0.2, 0.25) is 0 Å². The second kappa shape index (κ2) is 2.96. The minimum atomic E-state index is -0.356. The van der Waals surface area contributed by atoms with Crippen LogP contribution >= 0.6 is 0 Å². The molecular weight excluding hydrogens is 180 g/mol. The largest absolute Gasteiger partial charge is 0.506 e. The van der Waals surface area contributed by atoms with E-state index in [0.717, 1.165) is 0 Å². The molecule has 0 aromatic carbocycles. The molecular formula is C10H6N2O2. The van der Waals surface area contributed by atoms with Gasteiger partial charge in [-0.3, -0.25) is 9.78 Å². The van der Waals surface area contributed by atoms with Gasteiger partial charge >= 0.3 is 0 Å². The summed E-state index contributed by atoms with van der Waals surface area (Å²) in [6.07, 6.45) is 3.17. The summed E-state index contributed by atoms with van der Waals surface area (Å²) in [4.78, 5) is 15.2. The molecule has 0 fully saturated rings. The normalized spacial score (nSPS) is 14.9. The van der Waals surface area contributed by atoms with Crippen LogP contribution in [0.3, 0.4) is 0 Å². The lowest BCUT2D eigenvalue weighted by Gasteiger charge is -2.13. The summed E-state index contributed by atoms with van der Waals surface area (Å²) in [5, 5.41) is 18.3. The molecule has 14 heavy (non-hydrogen) atoms. The maximum Gasteiger partial charge on any atom is 0.181 e. The molecule has 0 spiro atoms. The molecule has 0 saturated carbocycles. The van der Waals surface area contributed by atoms with E-state index in [0.29, 0.717) is 11.1 Å². The van der Waals surface area contributed by atoms with Crippen molar-refractivity contribution in [1.29, 1.82) is 5.26 Å². The number of ketones is 1. The second-order valence-electron chi connectivity index (χ2n) is 2.97. The molecule has 1 aromatic rings. The number of aliphatic hydroxyl groups is 1. The number of carbonyl (C=O) groups excluding carboxylic acids is 1. The molecule has 0 bridgehead atoms. The minimum absolute atomic E-state index is 0.135. The van der Waals surface area contributed by atoms with Crippen molar-refractivity contribution >= 4 is 11.5 Å². The Bertz CT molecular complexity index is 483. The number of hydrogen-bond donors (Lipinski definition) is 1. The van der Waals surface area contributed by atoms with Gasteiger partial charge in [-0.2, -0.15) is 5.26 Å². The summed E-state index contributed by atoms with van der Waals surface area (Å²) in [5.41, 5.74) is 1.02. The van der Waals surface area contributed by atoms with Crippen molar-refractivity contribution in [1.82, 2.24) is 4.98 Å². The lowest BCUT2D eigenvalue weighted by molar-refractivity contribution is -0.114. The molecule has 1 aliphatic carbocycles. The molecule has 4 heteroatoms. The van der Waals surface area contributed by atoms with E-state index in [4.69, 9.17) is 5.26 Å². The van der Waals surface area contributed by atoms with Gasteiger partial charge in [0.15, 0.2) is 5.78 Å². The number of nitriles is 1. The number of hydrogen-bond acceptors (Lipinski definition) is 4. The third-order valence-corrected chi connectivity index (χ3v) is 2.14. The number of nitrogens with zero attached hydrogens (tertiary/aromatic N) is 2. The molecule has 0 saturated heterocycles. The van der Waals surface area contributed by atoms with Gasteiger partial charge in [0.1, 0.15) is 17.4 Å². The maximum atomic E-state index is 11.3. The van der Waals surface area contributed by atoms with E-state index in [1.54, 1.807) is 12.1 Å². The van der Waals surface area contributed by atoms with E-state index in [9.17, 15) is 9.90 Å².